The molecule has 3 N–H and O–H groups in total. The molecule has 0 saturated carbocycles. The van der Waals surface area contributed by atoms with Crippen LogP contribution in [0.4, 0.5) is 5.69 Å². The van der Waals surface area contributed by atoms with Crippen LogP contribution >= 0.6 is 23.2 Å². The molecule has 0 spiro atoms. The molecule has 1 fully saturated rings. The molecule has 2 rings (SSSR count). The summed E-state index contributed by atoms with van der Waals surface area (Å²) in [5.41, 5.74) is 6.33. The summed E-state index contributed by atoms with van der Waals surface area (Å²) in [4.78, 5) is 14.1. The molecule has 110 valence electrons. The minimum Gasteiger partial charge on any atom is -0.330 e. The Morgan fingerprint density at radius 3 is 2.60 bits per heavy atom. The van der Waals surface area contributed by atoms with Crippen LogP contribution in [-0.2, 0) is 4.79 Å². The molecule has 1 aromatic carbocycles. The van der Waals surface area contributed by atoms with E-state index in [0.29, 0.717) is 28.2 Å². The number of hydrogen-bond acceptors (Lipinski definition) is 3. The number of nitrogens with one attached hydrogen (secondary N) is 1. The summed E-state index contributed by atoms with van der Waals surface area (Å²) in [6.45, 7) is 2.99. The van der Waals surface area contributed by atoms with Gasteiger partial charge in [-0.3, -0.25) is 9.69 Å². The largest absolute Gasteiger partial charge is 0.330 e. The molecular weight excluding hydrogens is 297 g/mol. The van der Waals surface area contributed by atoms with Crippen LogP contribution in [0.2, 0.25) is 10.0 Å². The Balaban J connectivity index is 1.82. The van der Waals surface area contributed by atoms with Crippen molar-refractivity contribution in [2.75, 3.05) is 31.5 Å². The van der Waals surface area contributed by atoms with Crippen molar-refractivity contribution >= 4 is 34.8 Å². The van der Waals surface area contributed by atoms with Gasteiger partial charge in [0.15, 0.2) is 0 Å². The third-order valence-electron chi connectivity index (χ3n) is 3.61. The third kappa shape index (κ3) is 4.35. The Bertz CT molecular complexity index is 473. The van der Waals surface area contributed by atoms with Gasteiger partial charge in [0.1, 0.15) is 0 Å². The van der Waals surface area contributed by atoms with E-state index in [-0.39, 0.29) is 5.91 Å². The lowest BCUT2D eigenvalue weighted by atomic mass is 9.97. The number of hydrogen-bond donors (Lipinski definition) is 2. The number of nitrogens with two attached hydrogens (primary N) is 1. The zero-order valence-corrected chi connectivity index (χ0v) is 12.8. The van der Waals surface area contributed by atoms with Crippen molar-refractivity contribution < 1.29 is 4.79 Å². The Labute approximate surface area is 129 Å². The molecule has 0 atom stereocenters. The van der Waals surface area contributed by atoms with Gasteiger partial charge < -0.3 is 11.1 Å². The molecule has 0 radical (unpaired) electrons. The number of piperidine rings is 1. The minimum absolute atomic E-state index is 0.0328. The van der Waals surface area contributed by atoms with Gasteiger partial charge in [-0.25, -0.2) is 0 Å². The second-order valence-electron chi connectivity index (χ2n) is 5.13. The molecule has 6 heteroatoms. The molecule has 1 aliphatic rings. The van der Waals surface area contributed by atoms with Gasteiger partial charge in [-0.1, -0.05) is 23.2 Å². The average Bonchev–Trinajstić information content (AvgIpc) is 2.44. The predicted octanol–water partition coefficient (Wildman–Crippen LogP) is 2.60. The first-order valence-corrected chi connectivity index (χ1v) is 7.51. The predicted molar refractivity (Wildman–Crippen MR) is 83.3 cm³/mol. The van der Waals surface area contributed by atoms with Crippen molar-refractivity contribution in [1.82, 2.24) is 4.90 Å². The molecule has 4 nitrogen and oxygen atoms in total. The zero-order valence-electron chi connectivity index (χ0n) is 11.2. The molecular formula is C14H19Cl2N3O. The van der Waals surface area contributed by atoms with Crippen LogP contribution in [0.1, 0.15) is 12.8 Å². The van der Waals surface area contributed by atoms with E-state index >= 15 is 0 Å². The molecule has 0 aliphatic carbocycles. The Morgan fingerprint density at radius 2 is 2.00 bits per heavy atom. The first-order chi connectivity index (χ1) is 9.58. The maximum absolute atomic E-state index is 12.0. The Kier molecular flexibility index (Phi) is 5.66. The van der Waals surface area contributed by atoms with E-state index in [1.54, 1.807) is 18.2 Å². The van der Waals surface area contributed by atoms with Gasteiger partial charge in [0.05, 0.1) is 16.6 Å². The SMILES string of the molecule is NCC1CCN(CC(=O)Nc2ccc(Cl)c(Cl)c2)CC1. The highest BCUT2D eigenvalue weighted by atomic mass is 35.5. The maximum Gasteiger partial charge on any atom is 0.238 e. The van der Waals surface area contributed by atoms with Crippen LogP contribution in [0.25, 0.3) is 0 Å². The first kappa shape index (κ1) is 15.6. The van der Waals surface area contributed by atoms with Gasteiger partial charge in [-0.2, -0.15) is 0 Å². The van der Waals surface area contributed by atoms with Crippen LogP contribution < -0.4 is 11.1 Å². The van der Waals surface area contributed by atoms with Crippen LogP contribution in [0.3, 0.4) is 0 Å². The summed E-state index contributed by atoms with van der Waals surface area (Å²) in [6.07, 6.45) is 2.13. The fourth-order valence-electron chi connectivity index (χ4n) is 2.36. The minimum atomic E-state index is -0.0328. The van der Waals surface area contributed by atoms with Crippen molar-refractivity contribution in [3.63, 3.8) is 0 Å². The van der Waals surface area contributed by atoms with E-state index in [9.17, 15) is 4.79 Å². The highest BCUT2D eigenvalue weighted by Gasteiger charge is 2.19. The van der Waals surface area contributed by atoms with Crippen molar-refractivity contribution in [3.8, 4) is 0 Å². The van der Waals surface area contributed by atoms with Gasteiger partial charge in [-0.05, 0) is 56.6 Å². The second kappa shape index (κ2) is 7.27. The second-order valence-corrected chi connectivity index (χ2v) is 5.95. The molecule has 1 saturated heterocycles. The van der Waals surface area contributed by atoms with Crippen molar-refractivity contribution in [1.29, 1.82) is 0 Å². The number of halogens is 2. The molecule has 1 aromatic rings. The fraction of sp³-hybridized carbons (Fsp3) is 0.500. The standard InChI is InChI=1S/C14H19Cl2N3O/c15-12-2-1-11(7-13(12)16)18-14(20)9-19-5-3-10(8-17)4-6-19/h1-2,7,10H,3-6,8-9,17H2,(H,18,20). The van der Waals surface area contributed by atoms with E-state index < -0.39 is 0 Å². The smallest absolute Gasteiger partial charge is 0.238 e. The van der Waals surface area contributed by atoms with Crippen LogP contribution in [0.15, 0.2) is 18.2 Å². The number of carbonyl (C=O) groups is 1. The lowest BCUT2D eigenvalue weighted by Crippen LogP contribution is -2.40. The number of amides is 1. The average molecular weight is 316 g/mol. The Morgan fingerprint density at radius 1 is 1.30 bits per heavy atom. The zero-order chi connectivity index (χ0) is 14.5. The molecule has 1 heterocycles. The van der Waals surface area contributed by atoms with Crippen LogP contribution in [0, 0.1) is 5.92 Å². The Hall–Kier alpha value is -0.810. The molecule has 1 amide bonds. The maximum atomic E-state index is 12.0. The molecule has 0 aromatic heterocycles. The monoisotopic (exact) mass is 315 g/mol. The number of anilines is 1. The van der Waals surface area contributed by atoms with Crippen LogP contribution in [-0.4, -0.2) is 37.0 Å². The molecule has 20 heavy (non-hydrogen) atoms. The highest BCUT2D eigenvalue weighted by Crippen LogP contribution is 2.25. The summed E-state index contributed by atoms with van der Waals surface area (Å²) in [7, 11) is 0. The lowest BCUT2D eigenvalue weighted by Gasteiger charge is -2.30. The first-order valence-electron chi connectivity index (χ1n) is 6.76. The molecule has 0 unspecified atom stereocenters. The van der Waals surface area contributed by atoms with Crippen molar-refractivity contribution in [2.45, 2.75) is 12.8 Å². The van der Waals surface area contributed by atoms with E-state index in [1.165, 1.54) is 0 Å². The lowest BCUT2D eigenvalue weighted by molar-refractivity contribution is -0.117. The van der Waals surface area contributed by atoms with Crippen molar-refractivity contribution in [3.05, 3.63) is 28.2 Å². The van der Waals surface area contributed by atoms with E-state index in [0.717, 1.165) is 32.5 Å². The van der Waals surface area contributed by atoms with E-state index in [1.807, 2.05) is 0 Å². The summed E-state index contributed by atoms with van der Waals surface area (Å²) >= 11 is 11.8. The van der Waals surface area contributed by atoms with Gasteiger partial charge >= 0.3 is 0 Å². The summed E-state index contributed by atoms with van der Waals surface area (Å²) in [6, 6.07) is 5.07. The number of likely N-dealkylation sites (tertiary alicyclic amines) is 1. The van der Waals surface area contributed by atoms with Gasteiger partial charge in [-0.15, -0.1) is 0 Å². The molecule has 1 aliphatic heterocycles. The van der Waals surface area contributed by atoms with Gasteiger partial charge in [0, 0.05) is 5.69 Å². The van der Waals surface area contributed by atoms with Gasteiger partial charge in [0.2, 0.25) is 5.91 Å². The van der Waals surface area contributed by atoms with E-state index in [4.69, 9.17) is 28.9 Å². The quantitative estimate of drug-likeness (QED) is 0.898. The summed E-state index contributed by atoms with van der Waals surface area (Å²) in [5, 5.41) is 3.75. The highest BCUT2D eigenvalue weighted by molar-refractivity contribution is 6.42. The topological polar surface area (TPSA) is 58.4 Å². The van der Waals surface area contributed by atoms with Gasteiger partial charge in [0.25, 0.3) is 0 Å². The van der Waals surface area contributed by atoms with Crippen LogP contribution in [0.5, 0.6) is 0 Å². The number of nitrogens with zero attached hydrogens (tertiary/aromatic N) is 1. The molecule has 0 bridgehead atoms. The van der Waals surface area contributed by atoms with E-state index in [2.05, 4.69) is 10.2 Å². The number of carbonyl (C=O) groups excluding carboxylic acids is 1. The third-order valence-corrected chi connectivity index (χ3v) is 4.35. The fourth-order valence-corrected chi connectivity index (χ4v) is 2.66. The van der Waals surface area contributed by atoms with Crippen molar-refractivity contribution in [2.24, 2.45) is 11.7 Å². The number of rotatable bonds is 4. The number of benzene rings is 1. The summed E-state index contributed by atoms with van der Waals surface area (Å²) < 4.78 is 0. The normalized spacial score (nSPS) is 17.1. The summed E-state index contributed by atoms with van der Waals surface area (Å²) in [5.74, 6) is 0.568.